The Morgan fingerprint density at radius 3 is 2.55 bits per heavy atom. The van der Waals surface area contributed by atoms with Crippen molar-refractivity contribution in [3.05, 3.63) is 12.4 Å². The van der Waals surface area contributed by atoms with Gasteiger partial charge in [-0.05, 0) is 30.1 Å². The fourth-order valence-corrected chi connectivity index (χ4v) is 3.87. The van der Waals surface area contributed by atoms with Gasteiger partial charge in [-0.1, -0.05) is 27.7 Å². The molecule has 0 aromatic carbocycles. The third-order valence-corrected chi connectivity index (χ3v) is 3.88. The van der Waals surface area contributed by atoms with Crippen LogP contribution in [0.25, 0.3) is 0 Å². The van der Waals surface area contributed by atoms with Gasteiger partial charge in [0.2, 0.25) is 5.91 Å². The normalized spacial score (nSPS) is 21.6. The molecule has 0 saturated heterocycles. The molecule has 1 heterocycles. The standard InChI is InChI=1S/C15H26N4O/c1-14(2)5-11(6-15(3,4)10-14)18-12-7-17-19(8-12)9-13(16)20/h7-8,11,18H,5-6,9-10H2,1-4H3,(H2,16,20). The van der Waals surface area contributed by atoms with E-state index in [1.54, 1.807) is 10.9 Å². The molecule has 1 fully saturated rings. The first-order valence-corrected chi connectivity index (χ1v) is 7.23. The Morgan fingerprint density at radius 2 is 2.00 bits per heavy atom. The van der Waals surface area contributed by atoms with E-state index in [4.69, 9.17) is 5.73 Å². The minimum Gasteiger partial charge on any atom is -0.380 e. The zero-order chi connectivity index (χ0) is 15.0. The second-order valence-corrected chi connectivity index (χ2v) is 7.65. The summed E-state index contributed by atoms with van der Waals surface area (Å²) in [5.74, 6) is -0.375. The number of anilines is 1. The molecular weight excluding hydrogens is 252 g/mol. The van der Waals surface area contributed by atoms with Crippen LogP contribution in [0, 0.1) is 10.8 Å². The Balaban J connectivity index is 2.02. The van der Waals surface area contributed by atoms with Crippen LogP contribution in [0.1, 0.15) is 47.0 Å². The van der Waals surface area contributed by atoms with Gasteiger partial charge in [-0.15, -0.1) is 0 Å². The highest BCUT2D eigenvalue weighted by Crippen LogP contribution is 2.46. The van der Waals surface area contributed by atoms with E-state index in [2.05, 4.69) is 38.1 Å². The molecule has 1 aromatic heterocycles. The molecule has 0 atom stereocenters. The zero-order valence-electron chi connectivity index (χ0n) is 12.9. The summed E-state index contributed by atoms with van der Waals surface area (Å²) in [6.45, 7) is 9.46. The number of hydrogen-bond acceptors (Lipinski definition) is 3. The summed E-state index contributed by atoms with van der Waals surface area (Å²) in [6.07, 6.45) is 7.16. The van der Waals surface area contributed by atoms with Crippen molar-refractivity contribution in [3.63, 3.8) is 0 Å². The summed E-state index contributed by atoms with van der Waals surface area (Å²) in [5, 5.41) is 7.70. The number of nitrogens with zero attached hydrogens (tertiary/aromatic N) is 2. The van der Waals surface area contributed by atoms with Crippen LogP contribution in [-0.4, -0.2) is 21.7 Å². The predicted octanol–water partition coefficient (Wildman–Crippen LogP) is 2.39. The van der Waals surface area contributed by atoms with Crippen molar-refractivity contribution < 1.29 is 4.79 Å². The average molecular weight is 278 g/mol. The van der Waals surface area contributed by atoms with Gasteiger partial charge in [0.1, 0.15) is 6.54 Å². The van der Waals surface area contributed by atoms with Crippen LogP contribution in [-0.2, 0) is 11.3 Å². The molecule has 1 aliphatic carbocycles. The molecule has 0 radical (unpaired) electrons. The number of primary amides is 1. The number of carbonyl (C=O) groups is 1. The topological polar surface area (TPSA) is 72.9 Å². The highest BCUT2D eigenvalue weighted by molar-refractivity contribution is 5.73. The molecule has 3 N–H and O–H groups in total. The minimum atomic E-state index is -0.375. The highest BCUT2D eigenvalue weighted by Gasteiger charge is 2.38. The van der Waals surface area contributed by atoms with Crippen LogP contribution in [0.5, 0.6) is 0 Å². The number of nitrogens with two attached hydrogens (primary N) is 1. The van der Waals surface area contributed by atoms with E-state index in [-0.39, 0.29) is 12.5 Å². The third-order valence-electron chi connectivity index (χ3n) is 3.88. The van der Waals surface area contributed by atoms with Crippen molar-refractivity contribution in [3.8, 4) is 0 Å². The molecule has 2 rings (SSSR count). The van der Waals surface area contributed by atoms with E-state index in [9.17, 15) is 4.79 Å². The first kappa shape index (κ1) is 14.9. The van der Waals surface area contributed by atoms with E-state index in [1.807, 2.05) is 6.20 Å². The van der Waals surface area contributed by atoms with Gasteiger partial charge in [0.25, 0.3) is 0 Å². The Labute approximate surface area is 120 Å². The predicted molar refractivity (Wildman–Crippen MR) is 80.2 cm³/mol. The Morgan fingerprint density at radius 1 is 1.40 bits per heavy atom. The van der Waals surface area contributed by atoms with E-state index in [0.717, 1.165) is 18.5 Å². The zero-order valence-corrected chi connectivity index (χ0v) is 12.9. The summed E-state index contributed by atoms with van der Waals surface area (Å²) in [7, 11) is 0. The molecular formula is C15H26N4O. The quantitative estimate of drug-likeness (QED) is 0.888. The highest BCUT2D eigenvalue weighted by atomic mass is 16.1. The summed E-state index contributed by atoms with van der Waals surface area (Å²) >= 11 is 0. The van der Waals surface area contributed by atoms with Gasteiger partial charge < -0.3 is 11.1 Å². The van der Waals surface area contributed by atoms with Crippen molar-refractivity contribution >= 4 is 11.6 Å². The van der Waals surface area contributed by atoms with Crippen LogP contribution in [0.2, 0.25) is 0 Å². The number of hydrogen-bond donors (Lipinski definition) is 2. The van der Waals surface area contributed by atoms with Gasteiger partial charge in [0.15, 0.2) is 0 Å². The van der Waals surface area contributed by atoms with Crippen LogP contribution >= 0.6 is 0 Å². The first-order valence-electron chi connectivity index (χ1n) is 7.23. The van der Waals surface area contributed by atoms with Crippen molar-refractivity contribution in [2.45, 2.75) is 59.5 Å². The monoisotopic (exact) mass is 278 g/mol. The van der Waals surface area contributed by atoms with Crippen molar-refractivity contribution in [2.24, 2.45) is 16.6 Å². The third kappa shape index (κ3) is 3.99. The average Bonchev–Trinajstić information content (AvgIpc) is 2.58. The second-order valence-electron chi connectivity index (χ2n) is 7.65. The number of nitrogens with one attached hydrogen (secondary N) is 1. The van der Waals surface area contributed by atoms with Gasteiger partial charge >= 0.3 is 0 Å². The number of carbonyl (C=O) groups excluding carboxylic acids is 1. The van der Waals surface area contributed by atoms with Crippen molar-refractivity contribution in [1.29, 1.82) is 0 Å². The largest absolute Gasteiger partial charge is 0.380 e. The van der Waals surface area contributed by atoms with Crippen LogP contribution < -0.4 is 11.1 Å². The smallest absolute Gasteiger partial charge is 0.239 e. The number of amides is 1. The van der Waals surface area contributed by atoms with Gasteiger partial charge in [0.05, 0.1) is 11.9 Å². The molecule has 0 bridgehead atoms. The van der Waals surface area contributed by atoms with E-state index >= 15 is 0 Å². The maximum atomic E-state index is 10.9. The number of rotatable bonds is 4. The van der Waals surface area contributed by atoms with Crippen LogP contribution in [0.4, 0.5) is 5.69 Å². The maximum Gasteiger partial charge on any atom is 0.239 e. The van der Waals surface area contributed by atoms with Crippen molar-refractivity contribution in [1.82, 2.24) is 9.78 Å². The maximum absolute atomic E-state index is 10.9. The lowest BCUT2D eigenvalue weighted by Crippen LogP contribution is -2.40. The summed E-state index contributed by atoms with van der Waals surface area (Å²) in [5.41, 5.74) is 6.83. The van der Waals surface area contributed by atoms with Crippen LogP contribution in [0.15, 0.2) is 12.4 Å². The molecule has 5 heteroatoms. The molecule has 0 aliphatic heterocycles. The fraction of sp³-hybridized carbons (Fsp3) is 0.733. The second kappa shape index (κ2) is 5.11. The molecule has 20 heavy (non-hydrogen) atoms. The lowest BCUT2D eigenvalue weighted by atomic mass is 9.63. The van der Waals surface area contributed by atoms with Gasteiger partial charge in [0, 0.05) is 12.2 Å². The molecule has 1 aromatic rings. The molecule has 1 aliphatic rings. The minimum absolute atomic E-state index is 0.128. The lowest BCUT2D eigenvalue weighted by Gasteiger charge is -2.45. The Kier molecular flexibility index (Phi) is 3.80. The van der Waals surface area contributed by atoms with E-state index in [1.165, 1.54) is 6.42 Å². The van der Waals surface area contributed by atoms with Crippen molar-refractivity contribution in [2.75, 3.05) is 5.32 Å². The number of aromatic nitrogens is 2. The SMILES string of the molecule is CC1(C)CC(Nc2cnn(CC(N)=O)c2)CC(C)(C)C1. The molecule has 0 unspecified atom stereocenters. The molecule has 112 valence electrons. The molecule has 1 amide bonds. The Bertz CT molecular complexity index is 474. The van der Waals surface area contributed by atoms with Gasteiger partial charge in [-0.2, -0.15) is 5.10 Å². The Hall–Kier alpha value is -1.52. The summed E-state index contributed by atoms with van der Waals surface area (Å²) < 4.78 is 1.57. The van der Waals surface area contributed by atoms with E-state index < -0.39 is 0 Å². The first-order chi connectivity index (χ1) is 9.15. The molecule has 0 spiro atoms. The lowest BCUT2D eigenvalue weighted by molar-refractivity contribution is -0.118. The molecule has 1 saturated carbocycles. The van der Waals surface area contributed by atoms with E-state index in [0.29, 0.717) is 16.9 Å². The molecule has 5 nitrogen and oxygen atoms in total. The fourth-order valence-electron chi connectivity index (χ4n) is 3.87. The van der Waals surface area contributed by atoms with Crippen LogP contribution in [0.3, 0.4) is 0 Å². The summed E-state index contributed by atoms with van der Waals surface area (Å²) in [4.78, 5) is 10.9. The summed E-state index contributed by atoms with van der Waals surface area (Å²) in [6, 6.07) is 0.444. The van der Waals surface area contributed by atoms with Gasteiger partial charge in [-0.25, -0.2) is 0 Å². The van der Waals surface area contributed by atoms with Gasteiger partial charge in [-0.3, -0.25) is 9.48 Å².